The monoisotopic (exact) mass is 345 g/mol. The van der Waals surface area contributed by atoms with Crippen molar-refractivity contribution in [2.24, 2.45) is 0 Å². The highest BCUT2D eigenvalue weighted by Gasteiger charge is 2.19. The Bertz CT molecular complexity index is 639. The molecule has 94 valence electrons. The van der Waals surface area contributed by atoms with E-state index in [1.54, 1.807) is 12.1 Å². The molecule has 2 rings (SSSR count). The van der Waals surface area contributed by atoms with Crippen LogP contribution < -0.4 is 5.73 Å². The largest absolute Gasteiger partial charge is 0.477 e. The average molecular weight is 347 g/mol. The second-order valence-electron chi connectivity index (χ2n) is 3.73. The molecule has 0 aliphatic heterocycles. The van der Waals surface area contributed by atoms with Gasteiger partial charge < -0.3 is 10.8 Å². The van der Waals surface area contributed by atoms with Crippen LogP contribution >= 0.6 is 38.9 Å². The Balaban J connectivity index is 2.64. The molecule has 1 heterocycles. The van der Waals surface area contributed by atoms with Gasteiger partial charge in [0.05, 0.1) is 5.69 Å². The average Bonchev–Trinajstić information content (AvgIpc) is 2.57. The van der Waals surface area contributed by atoms with Gasteiger partial charge in [-0.2, -0.15) is 0 Å². The van der Waals surface area contributed by atoms with Crippen molar-refractivity contribution in [3.05, 3.63) is 38.1 Å². The predicted molar refractivity (Wildman–Crippen MR) is 78.6 cm³/mol. The number of carbonyl (C=O) groups is 1. The molecule has 0 fully saturated rings. The van der Waals surface area contributed by atoms with Gasteiger partial charge >= 0.3 is 5.97 Å². The molecule has 0 radical (unpaired) electrons. The lowest BCUT2D eigenvalue weighted by Gasteiger charge is -2.04. The van der Waals surface area contributed by atoms with Crippen molar-refractivity contribution in [1.29, 1.82) is 0 Å². The van der Waals surface area contributed by atoms with Crippen LogP contribution in [0.15, 0.2) is 22.7 Å². The van der Waals surface area contributed by atoms with Gasteiger partial charge in [-0.05, 0) is 24.6 Å². The number of anilines is 1. The van der Waals surface area contributed by atoms with Crippen molar-refractivity contribution in [2.45, 2.75) is 6.92 Å². The number of halogens is 2. The Kier molecular flexibility index (Phi) is 3.66. The van der Waals surface area contributed by atoms with Crippen LogP contribution in [0.1, 0.15) is 15.2 Å². The first-order valence-corrected chi connectivity index (χ1v) is 6.98. The van der Waals surface area contributed by atoms with Gasteiger partial charge in [0.1, 0.15) is 4.88 Å². The van der Waals surface area contributed by atoms with Crippen LogP contribution in [0.25, 0.3) is 10.4 Å². The summed E-state index contributed by atoms with van der Waals surface area (Å²) >= 11 is 10.5. The maximum Gasteiger partial charge on any atom is 0.348 e. The highest BCUT2D eigenvalue weighted by atomic mass is 79.9. The first kappa shape index (κ1) is 13.4. The number of hydrogen-bond acceptors (Lipinski definition) is 3. The van der Waals surface area contributed by atoms with E-state index in [-0.39, 0.29) is 4.88 Å². The fourth-order valence-electron chi connectivity index (χ4n) is 1.62. The highest BCUT2D eigenvalue weighted by molar-refractivity contribution is 9.10. The highest BCUT2D eigenvalue weighted by Crippen LogP contribution is 2.41. The summed E-state index contributed by atoms with van der Waals surface area (Å²) < 4.78 is 0.816. The first-order chi connectivity index (χ1) is 8.41. The van der Waals surface area contributed by atoms with E-state index in [0.717, 1.165) is 20.5 Å². The number of nitrogens with two attached hydrogens (primary N) is 1. The fourth-order valence-corrected chi connectivity index (χ4v) is 3.73. The minimum Gasteiger partial charge on any atom is -0.477 e. The Morgan fingerprint density at radius 1 is 1.50 bits per heavy atom. The molecular formula is C12H9BrClNO2S. The molecule has 0 saturated heterocycles. The molecule has 0 aliphatic carbocycles. The molecule has 0 spiro atoms. The lowest BCUT2D eigenvalue weighted by Crippen LogP contribution is -1.97. The number of aromatic carboxylic acids is 1. The summed E-state index contributed by atoms with van der Waals surface area (Å²) in [5, 5.41) is 9.68. The van der Waals surface area contributed by atoms with Gasteiger partial charge in [0.15, 0.2) is 0 Å². The van der Waals surface area contributed by atoms with E-state index in [4.69, 9.17) is 22.4 Å². The molecule has 0 amide bonds. The van der Waals surface area contributed by atoms with Gasteiger partial charge in [-0.25, -0.2) is 4.79 Å². The zero-order chi connectivity index (χ0) is 13.4. The smallest absolute Gasteiger partial charge is 0.348 e. The number of benzene rings is 1. The quantitative estimate of drug-likeness (QED) is 0.846. The van der Waals surface area contributed by atoms with Crippen molar-refractivity contribution < 1.29 is 9.90 Å². The zero-order valence-corrected chi connectivity index (χ0v) is 12.5. The third-order valence-electron chi connectivity index (χ3n) is 2.56. The third kappa shape index (κ3) is 2.25. The van der Waals surface area contributed by atoms with E-state index in [1.165, 1.54) is 11.3 Å². The molecule has 3 N–H and O–H groups in total. The van der Waals surface area contributed by atoms with Crippen molar-refractivity contribution in [1.82, 2.24) is 0 Å². The summed E-state index contributed by atoms with van der Waals surface area (Å²) in [5.41, 5.74) is 7.80. The minimum absolute atomic E-state index is 0.171. The van der Waals surface area contributed by atoms with Crippen LogP contribution in [0.3, 0.4) is 0 Å². The number of nitrogen functional groups attached to an aromatic ring is 1. The van der Waals surface area contributed by atoms with Gasteiger partial charge in [0, 0.05) is 19.9 Å². The Morgan fingerprint density at radius 2 is 2.17 bits per heavy atom. The van der Waals surface area contributed by atoms with Crippen LogP contribution in [-0.2, 0) is 0 Å². The maximum atomic E-state index is 11.1. The van der Waals surface area contributed by atoms with E-state index < -0.39 is 5.97 Å². The van der Waals surface area contributed by atoms with Crippen LogP contribution in [0, 0.1) is 6.92 Å². The van der Waals surface area contributed by atoms with E-state index in [1.807, 2.05) is 13.0 Å². The molecule has 0 unspecified atom stereocenters. The Labute approximate surface area is 121 Å². The summed E-state index contributed by atoms with van der Waals surface area (Å²) in [6.07, 6.45) is 0. The lowest BCUT2D eigenvalue weighted by atomic mass is 10.1. The molecular weight excluding hydrogens is 338 g/mol. The molecule has 0 saturated carbocycles. The van der Waals surface area contributed by atoms with Gasteiger partial charge in [0.25, 0.3) is 0 Å². The Hall–Kier alpha value is -1.04. The van der Waals surface area contributed by atoms with Gasteiger partial charge in [-0.15, -0.1) is 11.3 Å². The van der Waals surface area contributed by atoms with Crippen molar-refractivity contribution in [3.63, 3.8) is 0 Å². The van der Waals surface area contributed by atoms with Crippen LogP contribution in [0.5, 0.6) is 0 Å². The molecule has 0 atom stereocenters. The van der Waals surface area contributed by atoms with E-state index in [2.05, 4.69) is 15.9 Å². The van der Waals surface area contributed by atoms with Crippen molar-refractivity contribution >= 4 is 50.5 Å². The molecule has 18 heavy (non-hydrogen) atoms. The molecule has 1 aromatic heterocycles. The summed E-state index contributed by atoms with van der Waals surface area (Å²) in [7, 11) is 0. The number of rotatable bonds is 2. The van der Waals surface area contributed by atoms with Crippen LogP contribution in [0.4, 0.5) is 5.69 Å². The molecule has 0 bridgehead atoms. The summed E-state index contributed by atoms with van der Waals surface area (Å²) in [6.45, 7) is 1.81. The van der Waals surface area contributed by atoms with E-state index >= 15 is 0 Å². The number of carboxylic acid groups (broad SMARTS) is 1. The van der Waals surface area contributed by atoms with Crippen molar-refractivity contribution in [3.8, 4) is 10.4 Å². The predicted octanol–water partition coefficient (Wildman–Crippen LogP) is 4.42. The standard InChI is InChI=1S/C12H9BrClNO2S/c1-5-9(15)11(12(16)17)18-10(5)7-3-2-6(14)4-8(7)13/h2-4H,15H2,1H3,(H,16,17). The number of carboxylic acids is 1. The van der Waals surface area contributed by atoms with Gasteiger partial charge in [-0.1, -0.05) is 33.6 Å². The molecule has 3 nitrogen and oxygen atoms in total. The van der Waals surface area contributed by atoms with Gasteiger partial charge in [0.2, 0.25) is 0 Å². The first-order valence-electron chi connectivity index (χ1n) is 4.99. The Morgan fingerprint density at radius 3 is 2.67 bits per heavy atom. The molecule has 6 heteroatoms. The summed E-state index contributed by atoms with van der Waals surface area (Å²) in [5.74, 6) is -1.00. The van der Waals surface area contributed by atoms with E-state index in [9.17, 15) is 4.79 Å². The molecule has 2 aromatic rings. The van der Waals surface area contributed by atoms with E-state index in [0.29, 0.717) is 10.7 Å². The maximum absolute atomic E-state index is 11.1. The zero-order valence-electron chi connectivity index (χ0n) is 9.33. The van der Waals surface area contributed by atoms with Crippen molar-refractivity contribution in [2.75, 3.05) is 5.73 Å². The minimum atomic E-state index is -1.00. The summed E-state index contributed by atoms with van der Waals surface area (Å²) in [4.78, 5) is 12.1. The molecule has 1 aromatic carbocycles. The number of hydrogen-bond donors (Lipinski definition) is 2. The van der Waals surface area contributed by atoms with Gasteiger partial charge in [-0.3, -0.25) is 0 Å². The third-order valence-corrected chi connectivity index (χ3v) is 4.78. The number of thiophene rings is 1. The second-order valence-corrected chi connectivity index (χ2v) is 6.04. The summed E-state index contributed by atoms with van der Waals surface area (Å²) in [6, 6.07) is 5.38. The SMILES string of the molecule is Cc1c(-c2ccc(Cl)cc2Br)sc(C(=O)O)c1N. The van der Waals surface area contributed by atoms with Crippen LogP contribution in [-0.4, -0.2) is 11.1 Å². The molecule has 0 aliphatic rings. The lowest BCUT2D eigenvalue weighted by molar-refractivity contribution is 0.0703. The fraction of sp³-hybridized carbons (Fsp3) is 0.0833. The topological polar surface area (TPSA) is 63.3 Å². The van der Waals surface area contributed by atoms with Crippen LogP contribution in [0.2, 0.25) is 5.02 Å². The second kappa shape index (κ2) is 4.91. The normalized spacial score (nSPS) is 10.6.